The van der Waals surface area contributed by atoms with Crippen LogP contribution in [0.1, 0.15) is 0 Å². The molecule has 0 bridgehead atoms. The maximum atomic E-state index is 6.12. The van der Waals surface area contributed by atoms with Crippen LogP contribution in [0.3, 0.4) is 0 Å². The molecule has 0 amide bonds. The molecule has 2 rings (SSSR count). The lowest BCUT2D eigenvalue weighted by Gasteiger charge is -2.08. The zero-order valence-electron chi connectivity index (χ0n) is 8.88. The predicted octanol–water partition coefficient (Wildman–Crippen LogP) is 4.72. The summed E-state index contributed by atoms with van der Waals surface area (Å²) in [4.78, 5) is 4.22. The van der Waals surface area contributed by atoms with E-state index in [4.69, 9.17) is 39.5 Å². The van der Waals surface area contributed by atoms with Crippen LogP contribution in [0, 0.1) is 0 Å². The van der Waals surface area contributed by atoms with Crippen LogP contribution in [-0.4, -0.2) is 12.1 Å². The SMILES string of the molecule is COc1ccnc(-c2c(Cl)cc(Cl)cc2Cl)c1. The third-order valence-corrected chi connectivity index (χ3v) is 3.04. The topological polar surface area (TPSA) is 22.1 Å². The van der Waals surface area contributed by atoms with Gasteiger partial charge in [0.15, 0.2) is 0 Å². The molecule has 1 aromatic heterocycles. The third-order valence-electron chi connectivity index (χ3n) is 2.23. The van der Waals surface area contributed by atoms with Crippen molar-refractivity contribution < 1.29 is 4.74 Å². The van der Waals surface area contributed by atoms with Gasteiger partial charge in [-0.1, -0.05) is 34.8 Å². The highest BCUT2D eigenvalue weighted by molar-refractivity contribution is 6.41. The number of benzene rings is 1. The monoisotopic (exact) mass is 287 g/mol. The Labute approximate surface area is 114 Å². The van der Waals surface area contributed by atoms with Crippen molar-refractivity contribution in [3.05, 3.63) is 45.5 Å². The Morgan fingerprint density at radius 3 is 2.29 bits per heavy atom. The summed E-state index contributed by atoms with van der Waals surface area (Å²) in [5.41, 5.74) is 1.30. The van der Waals surface area contributed by atoms with E-state index in [1.807, 2.05) is 0 Å². The van der Waals surface area contributed by atoms with Gasteiger partial charge in [-0.15, -0.1) is 0 Å². The standard InChI is InChI=1S/C12H8Cl3NO/c1-17-8-2-3-16-11(6-8)12-9(14)4-7(13)5-10(12)15/h2-6H,1H3. The second kappa shape index (κ2) is 5.13. The van der Waals surface area contributed by atoms with Crippen molar-refractivity contribution in [3.8, 4) is 17.0 Å². The molecule has 17 heavy (non-hydrogen) atoms. The van der Waals surface area contributed by atoms with Gasteiger partial charge < -0.3 is 4.74 Å². The summed E-state index contributed by atoms with van der Waals surface area (Å²) < 4.78 is 5.13. The highest BCUT2D eigenvalue weighted by Crippen LogP contribution is 2.36. The fourth-order valence-corrected chi connectivity index (χ4v) is 2.47. The number of rotatable bonds is 2. The molecule has 2 nitrogen and oxygen atoms in total. The molecule has 88 valence electrons. The van der Waals surface area contributed by atoms with E-state index in [0.717, 1.165) is 0 Å². The fourth-order valence-electron chi connectivity index (χ4n) is 1.46. The van der Waals surface area contributed by atoms with E-state index in [-0.39, 0.29) is 0 Å². The normalized spacial score (nSPS) is 10.4. The minimum absolute atomic E-state index is 0.461. The van der Waals surface area contributed by atoms with E-state index in [2.05, 4.69) is 4.98 Å². The smallest absolute Gasteiger partial charge is 0.122 e. The molecule has 0 saturated heterocycles. The lowest BCUT2D eigenvalue weighted by atomic mass is 10.1. The minimum Gasteiger partial charge on any atom is -0.497 e. The number of methoxy groups -OCH3 is 1. The predicted molar refractivity (Wildman–Crippen MR) is 71.3 cm³/mol. The fraction of sp³-hybridized carbons (Fsp3) is 0.0833. The van der Waals surface area contributed by atoms with Crippen molar-refractivity contribution in [2.45, 2.75) is 0 Å². The number of hydrogen-bond acceptors (Lipinski definition) is 2. The molecule has 0 aliphatic carbocycles. The molecule has 0 aliphatic rings. The van der Waals surface area contributed by atoms with Crippen molar-refractivity contribution in [2.75, 3.05) is 7.11 Å². The summed E-state index contributed by atoms with van der Waals surface area (Å²) in [5.74, 6) is 0.692. The summed E-state index contributed by atoms with van der Waals surface area (Å²) in [7, 11) is 1.59. The quantitative estimate of drug-likeness (QED) is 0.798. The second-order valence-electron chi connectivity index (χ2n) is 3.33. The molecule has 0 atom stereocenters. The summed E-state index contributed by atoms with van der Waals surface area (Å²) in [5, 5.41) is 1.41. The number of pyridine rings is 1. The van der Waals surface area contributed by atoms with Crippen molar-refractivity contribution in [3.63, 3.8) is 0 Å². The van der Waals surface area contributed by atoms with Crippen molar-refractivity contribution in [1.82, 2.24) is 4.98 Å². The third kappa shape index (κ3) is 2.65. The van der Waals surface area contributed by atoms with Gasteiger partial charge in [0, 0.05) is 22.8 Å². The second-order valence-corrected chi connectivity index (χ2v) is 4.58. The molecule has 0 saturated carbocycles. The largest absolute Gasteiger partial charge is 0.497 e. The van der Waals surface area contributed by atoms with Gasteiger partial charge >= 0.3 is 0 Å². The molecule has 0 N–H and O–H groups in total. The van der Waals surface area contributed by atoms with Crippen molar-refractivity contribution in [1.29, 1.82) is 0 Å². The highest BCUT2D eigenvalue weighted by Gasteiger charge is 2.12. The number of aromatic nitrogens is 1. The molecule has 0 aliphatic heterocycles. The number of hydrogen-bond donors (Lipinski definition) is 0. The van der Waals surface area contributed by atoms with Gasteiger partial charge in [0.05, 0.1) is 22.8 Å². The van der Waals surface area contributed by atoms with Crippen molar-refractivity contribution in [2.24, 2.45) is 0 Å². The molecule has 0 spiro atoms. The van der Waals surface area contributed by atoms with Crippen LogP contribution in [-0.2, 0) is 0 Å². The highest BCUT2D eigenvalue weighted by atomic mass is 35.5. The Morgan fingerprint density at radius 2 is 1.71 bits per heavy atom. The molecular formula is C12H8Cl3NO. The molecular weight excluding hydrogens is 280 g/mol. The summed E-state index contributed by atoms with van der Waals surface area (Å²) in [6, 6.07) is 6.78. The molecule has 2 aromatic rings. The van der Waals surface area contributed by atoms with E-state index in [9.17, 15) is 0 Å². The van der Waals surface area contributed by atoms with Crippen LogP contribution >= 0.6 is 34.8 Å². The van der Waals surface area contributed by atoms with E-state index in [0.29, 0.717) is 32.1 Å². The first-order chi connectivity index (χ1) is 8.11. The average molecular weight is 289 g/mol. The maximum Gasteiger partial charge on any atom is 0.122 e. The number of halogens is 3. The Kier molecular flexibility index (Phi) is 3.77. The lowest BCUT2D eigenvalue weighted by Crippen LogP contribution is -1.89. The molecule has 1 aromatic carbocycles. The zero-order chi connectivity index (χ0) is 12.4. The van der Waals surface area contributed by atoms with Gasteiger partial charge in [0.25, 0.3) is 0 Å². The molecule has 0 fully saturated rings. The molecule has 0 unspecified atom stereocenters. The first kappa shape index (κ1) is 12.5. The van der Waals surface area contributed by atoms with Gasteiger partial charge in [0.2, 0.25) is 0 Å². The van der Waals surface area contributed by atoms with Crippen LogP contribution < -0.4 is 4.74 Å². The summed E-state index contributed by atoms with van der Waals surface area (Å²) >= 11 is 18.1. The van der Waals surface area contributed by atoms with Gasteiger partial charge in [-0.3, -0.25) is 4.98 Å². The van der Waals surface area contributed by atoms with Crippen LogP contribution in [0.5, 0.6) is 5.75 Å². The molecule has 0 radical (unpaired) electrons. The summed E-state index contributed by atoms with van der Waals surface area (Å²) in [6.07, 6.45) is 1.63. The van der Waals surface area contributed by atoms with Crippen molar-refractivity contribution >= 4 is 34.8 Å². The Balaban J connectivity index is 2.60. The van der Waals surface area contributed by atoms with E-state index >= 15 is 0 Å². The lowest BCUT2D eigenvalue weighted by molar-refractivity contribution is 0.414. The van der Waals surface area contributed by atoms with Crippen LogP contribution in [0.15, 0.2) is 30.5 Å². The van der Waals surface area contributed by atoms with Crippen LogP contribution in [0.2, 0.25) is 15.1 Å². The van der Waals surface area contributed by atoms with E-state index < -0.39 is 0 Å². The number of ether oxygens (including phenoxy) is 1. The molecule has 5 heteroatoms. The van der Waals surface area contributed by atoms with E-state index in [1.165, 1.54) is 0 Å². The van der Waals surface area contributed by atoms with E-state index in [1.54, 1.807) is 37.6 Å². The Bertz CT molecular complexity index is 534. The first-order valence-electron chi connectivity index (χ1n) is 4.77. The van der Waals surface area contributed by atoms with Gasteiger partial charge in [-0.2, -0.15) is 0 Å². The summed E-state index contributed by atoms with van der Waals surface area (Å²) in [6.45, 7) is 0. The Morgan fingerprint density at radius 1 is 1.06 bits per heavy atom. The van der Waals surface area contributed by atoms with Gasteiger partial charge in [0.1, 0.15) is 5.75 Å². The molecule has 1 heterocycles. The van der Waals surface area contributed by atoms with Crippen LogP contribution in [0.4, 0.5) is 0 Å². The zero-order valence-corrected chi connectivity index (χ0v) is 11.1. The first-order valence-corrected chi connectivity index (χ1v) is 5.90. The van der Waals surface area contributed by atoms with Crippen LogP contribution in [0.25, 0.3) is 11.3 Å². The van der Waals surface area contributed by atoms with Gasteiger partial charge in [-0.05, 0) is 18.2 Å². The average Bonchev–Trinajstić information content (AvgIpc) is 2.28. The maximum absolute atomic E-state index is 6.12. The number of nitrogens with zero attached hydrogens (tertiary/aromatic N) is 1. The Hall–Kier alpha value is -0.960. The minimum atomic E-state index is 0.461. The van der Waals surface area contributed by atoms with Gasteiger partial charge in [-0.25, -0.2) is 0 Å².